The van der Waals surface area contributed by atoms with Crippen molar-refractivity contribution in [1.82, 2.24) is 0 Å². The largest absolute Gasteiger partial charge is 3.00 e. The van der Waals surface area contributed by atoms with Crippen molar-refractivity contribution in [2.45, 2.75) is 0 Å². The first-order valence-corrected chi connectivity index (χ1v) is 33.6. The fraction of sp³-hybridized carbons (Fsp3) is 0. The van der Waals surface area contributed by atoms with E-state index in [0.29, 0.717) is 0 Å². The van der Waals surface area contributed by atoms with E-state index in [9.17, 15) is 115 Å². The Balaban J connectivity index is -0.0000000169. The van der Waals surface area contributed by atoms with Gasteiger partial charge in [-0.15, -0.1) is 0 Å². The zero-order chi connectivity index (χ0) is 59.9. The van der Waals surface area contributed by atoms with Crippen LogP contribution in [0, 0.1) is 0 Å². The molecule has 0 spiro atoms. The molecule has 2 fully saturated rings. The Kier molecular flexibility index (Phi) is 235. The summed E-state index contributed by atoms with van der Waals surface area (Å²) in [6.45, 7) is 0. The Morgan fingerprint density at radius 2 is 0.150 bits per heavy atom. The summed E-state index contributed by atoms with van der Waals surface area (Å²) in [4.78, 5) is 264. The molecule has 0 aromatic carbocycles. The zero-order valence-electron chi connectivity index (χ0n) is 48.7. The first-order chi connectivity index (χ1) is 30.9. The maximum absolute atomic E-state index is 11.0. The Labute approximate surface area is 815 Å². The average molecular weight is 1870 g/mol. The van der Waals surface area contributed by atoms with Crippen molar-refractivity contribution in [2.75, 3.05) is 0 Å². The SMILES string of the molecule is [Al+3].[Al+3].[Al+3].[Al+3].[Al+3].[Al+3].[Al+3].[Al+3].[Al+3].[Al+3].[Al+3].[Al+3].[Al+3].[Al+3].[Al+3].[Li+].[Li+].[Li+].[Na+].[Na+].[O-]B([O-])[O-].[O-]B([O-])[O-].[O-]B([O-])[O-].[O-]B([O-])[O-].[O-]B([O-])[O-].[O-]B([O-])[O-].[O-][Si]1([O-])O[Si]([O-])([O-])O[Si]([O-])([O-])O[Si]([O-])([O-])O[Si]([O-])([O-])O[Si]([O-])([O-])O1.[O-][Si]1([O-])O[Si]([O-])([O-])O[Si]([O-])([O-])O[Si]([O-])([O-])O[Si]([O-])([O-])O[Si]([O-])([O-])O1.[OH-].[OH-].[OH-].[OH-].[OH-].[OH-].[OH-].[OH-]. The van der Waals surface area contributed by atoms with Crippen LogP contribution in [0.5, 0.6) is 0 Å². The molecule has 2 saturated heterocycles. The molecule has 2 aliphatic rings. The maximum atomic E-state index is 11.0. The van der Waals surface area contributed by atoms with Gasteiger partial charge >= 0.3 is 376 Å². The molecule has 8 N–H and O–H groups in total. The third-order valence-corrected chi connectivity index (χ3v) is 27.0. The summed E-state index contributed by atoms with van der Waals surface area (Å²) in [6, 6.07) is 0. The number of rotatable bonds is 0. The Hall–Kier alpha value is 12.3. The van der Waals surface area contributed by atoms with Crippen LogP contribution in [0.25, 0.3) is 0 Å². The van der Waals surface area contributed by atoms with Gasteiger partial charge < -0.3 is 299 Å². The molecule has 2 rings (SSSR count). The van der Waals surface area contributed by atoms with Crippen LogP contribution in [0.3, 0.4) is 0 Å². The van der Waals surface area contributed by atoms with Crippen molar-refractivity contribution >= 4 is 413 Å². The van der Waals surface area contributed by atoms with Crippen molar-refractivity contribution in [3.05, 3.63) is 0 Å². The summed E-state index contributed by atoms with van der Waals surface area (Å²) >= 11 is 0. The van der Waals surface area contributed by atoms with Crippen molar-refractivity contribution in [1.29, 1.82) is 0 Å². The minimum absolute atomic E-state index is 0. The van der Waals surface area contributed by atoms with Crippen molar-refractivity contribution in [3.63, 3.8) is 0 Å². The molecule has 496 valence electrons. The predicted molar refractivity (Wildman–Crippen MR) is 218 cm³/mol. The van der Waals surface area contributed by atoms with E-state index in [4.69, 9.17) is 90.4 Å². The minimum Gasteiger partial charge on any atom is -0.907 e. The van der Waals surface area contributed by atoms with Gasteiger partial charge in [-0.3, -0.25) is 43.9 Å². The number of hydrogen-bond acceptors (Lipinski definition) is 62. The molecule has 0 aliphatic carbocycles. The van der Waals surface area contributed by atoms with Crippen LogP contribution in [-0.4, -0.2) is 457 Å². The topological polar surface area (TPSA) is 1320 Å². The third kappa shape index (κ3) is 185. The monoisotopic (exact) mass is 1870 g/mol. The predicted octanol–water partition coefficient (Wildman–Crippen LogP) is -79.7. The summed E-state index contributed by atoms with van der Waals surface area (Å²) in [5.74, 6) is 0. The van der Waals surface area contributed by atoms with E-state index in [1.165, 1.54) is 0 Å². The third-order valence-electron chi connectivity index (χ3n) is 3.00. The van der Waals surface area contributed by atoms with Crippen molar-refractivity contribution < 1.29 is 414 Å². The van der Waals surface area contributed by atoms with Crippen molar-refractivity contribution in [2.24, 2.45) is 0 Å². The molecule has 2 aliphatic heterocycles. The van der Waals surface area contributed by atoms with Crippen LogP contribution in [0.2, 0.25) is 0 Å². The Morgan fingerprint density at radius 3 is 0.170 bits per heavy atom. The van der Waals surface area contributed by atoms with E-state index in [1.807, 2.05) is 0 Å². The van der Waals surface area contributed by atoms with Gasteiger partial charge in [-0.05, 0) is 0 Å². The van der Waals surface area contributed by atoms with Crippen LogP contribution in [0.1, 0.15) is 0 Å². The van der Waals surface area contributed by atoms with Crippen LogP contribution in [0.15, 0.2) is 0 Å². The smallest absolute Gasteiger partial charge is 0.907 e. The van der Waals surface area contributed by atoms with Gasteiger partial charge in [-0.25, -0.2) is 0 Å². The standard InChI is InChI=1S/15Al.6BO3.3Li.2Na.2O18Si6.8H2O/c;;;;;;;;;;;;;;;6*2-1(3)4;;;;;;2*1-19(2)13-20(3,4)15-22(7,8)17-24(11,12)18-23(9,10)16-21(5,6)14-19;;;;;;;;/h;;;;;;;;;;;;;;;;;;;;;;;;;;;;8*1H2/q15*+3;6*-3;5*+1;2*-12;;;;;;;;/p-8. The summed E-state index contributed by atoms with van der Waals surface area (Å²) in [6.07, 6.45) is 0. The molecule has 0 aromatic heterocycles. The fourth-order valence-electron chi connectivity index (χ4n) is 2.09. The van der Waals surface area contributed by atoms with Gasteiger partial charge in [-0.2, -0.15) is 0 Å². The van der Waals surface area contributed by atoms with Gasteiger partial charge in [0.15, 0.2) is 0 Å². The molecule has 0 atom stereocenters. The second-order valence-electron chi connectivity index (χ2n) is 8.96. The molecule has 0 amide bonds. The molecule has 0 radical (unpaired) electrons. The van der Waals surface area contributed by atoms with Gasteiger partial charge in [0.1, 0.15) is 109 Å². The molecule has 100 heavy (non-hydrogen) atoms. The van der Waals surface area contributed by atoms with Crippen LogP contribution < -0.4 is 321 Å². The molecule has 2 heterocycles. The van der Waals surface area contributed by atoms with Gasteiger partial charge in [-0.1, -0.05) is 0 Å². The maximum Gasteiger partial charge on any atom is 3.00 e. The van der Waals surface area contributed by atoms with E-state index in [2.05, 4.69) is 49.4 Å². The normalized spacial score (nSPS) is 16.7. The van der Waals surface area contributed by atoms with Gasteiger partial charge in [0, 0.05) is 0 Å². The first-order valence-electron chi connectivity index (χ1n) is 14.0. The number of hydrogen-bond donors (Lipinski definition) is 0. The second kappa shape index (κ2) is 104. The van der Waals surface area contributed by atoms with Gasteiger partial charge in [0.05, 0.1) is 0 Å². The second-order valence-corrected chi connectivity index (χ2v) is 30.8. The van der Waals surface area contributed by atoms with Gasteiger partial charge in [0.25, 0.3) is 0 Å². The summed E-state index contributed by atoms with van der Waals surface area (Å²) in [5.41, 5.74) is 0. The van der Waals surface area contributed by atoms with Gasteiger partial charge in [0.2, 0.25) is 0 Å². The molecule has 62 nitrogen and oxygen atoms in total. The molecular formula is H8Al15B6Li3Na2O62Si12. The Morgan fingerprint density at radius 1 is 0.130 bits per heavy atom. The average Bonchev–Trinajstić information content (AvgIpc) is 2.85. The molecule has 0 unspecified atom stereocenters. The molecule has 0 saturated carbocycles. The van der Waals surface area contributed by atoms with Crippen molar-refractivity contribution in [3.8, 4) is 0 Å². The molecule has 100 heteroatoms. The summed E-state index contributed by atoms with van der Waals surface area (Å²) in [7, 11) is -99.6. The Bertz CT molecular complexity index is 1060. The van der Waals surface area contributed by atoms with E-state index in [1.54, 1.807) is 0 Å². The van der Waals surface area contributed by atoms with Crippen LogP contribution in [0.4, 0.5) is 0 Å². The molecular weight excluding hydrogens is 1870 g/mol. The summed E-state index contributed by atoms with van der Waals surface area (Å²) < 4.78 is 36.1. The van der Waals surface area contributed by atoms with E-state index in [0.717, 1.165) is 0 Å². The summed E-state index contributed by atoms with van der Waals surface area (Å²) in [5, 5.41) is 152. The fourth-order valence-corrected chi connectivity index (χ4v) is 23.3. The molecule has 0 bridgehead atoms. The first kappa shape index (κ1) is 227. The zero-order valence-corrected chi connectivity index (χ0v) is 82.1. The molecule has 0 aromatic rings. The quantitative estimate of drug-likeness (QED) is 0.203. The van der Waals surface area contributed by atoms with E-state index in [-0.39, 0.29) is 420 Å². The minimum atomic E-state index is -6.84. The van der Waals surface area contributed by atoms with Crippen LogP contribution in [-0.2, 0) is 49.4 Å². The van der Waals surface area contributed by atoms with E-state index >= 15 is 0 Å². The van der Waals surface area contributed by atoms with Crippen LogP contribution >= 0.6 is 0 Å². The van der Waals surface area contributed by atoms with E-state index < -0.39 is 153 Å².